The minimum Gasteiger partial charge on any atom is -0.497 e. The lowest BCUT2D eigenvalue weighted by Crippen LogP contribution is -2.27. The fourth-order valence-electron chi connectivity index (χ4n) is 13.3. The summed E-state index contributed by atoms with van der Waals surface area (Å²) in [5.41, 5.74) is 19.3. The molecule has 2 aliphatic carbocycles. The number of aldehydes is 2. The Balaban J connectivity index is 1.10. The fourth-order valence-corrected chi connectivity index (χ4v) is 13.3. The third kappa shape index (κ3) is 10.4. The van der Waals surface area contributed by atoms with Gasteiger partial charge in [-0.2, -0.15) is 0 Å². The maximum atomic E-state index is 12.2. The van der Waals surface area contributed by atoms with E-state index in [9.17, 15) is 9.59 Å². The molecule has 0 N–H and O–H groups in total. The van der Waals surface area contributed by atoms with Gasteiger partial charge in [-0.3, -0.25) is 9.59 Å². The van der Waals surface area contributed by atoms with Crippen molar-refractivity contribution in [2.45, 2.75) is 5.41 Å². The zero-order valence-corrected chi connectivity index (χ0v) is 52.1. The molecule has 93 heavy (non-hydrogen) atoms. The average molecular weight is 1220 g/mol. The first-order chi connectivity index (χ1) is 45.7. The van der Waals surface area contributed by atoms with E-state index < -0.39 is 5.41 Å². The van der Waals surface area contributed by atoms with E-state index in [1.807, 2.05) is 121 Å². The number of benzene rings is 12. The monoisotopic (exact) mass is 1220 g/mol. The van der Waals surface area contributed by atoms with E-state index in [1.165, 1.54) is 0 Å². The second kappa shape index (κ2) is 24.7. The van der Waals surface area contributed by atoms with Gasteiger partial charge in [0.05, 0.1) is 48.1 Å². The minimum absolute atomic E-state index is 0.568. The van der Waals surface area contributed by atoms with Crippen LogP contribution in [0.3, 0.4) is 0 Å². The van der Waals surface area contributed by atoms with E-state index in [1.54, 1.807) is 42.7 Å². The molecule has 12 aromatic carbocycles. The Labute approximate surface area is 540 Å². The molecule has 0 amide bonds. The summed E-state index contributed by atoms with van der Waals surface area (Å²) in [6, 6.07) is 91.5. The second-order valence-corrected chi connectivity index (χ2v) is 22.6. The summed E-state index contributed by atoms with van der Waals surface area (Å²) in [7, 11) is 10.1. The highest BCUT2D eigenvalue weighted by Gasteiger charge is 2.53. The van der Waals surface area contributed by atoms with Crippen molar-refractivity contribution in [3.63, 3.8) is 0 Å². The summed E-state index contributed by atoms with van der Waals surface area (Å²) in [5, 5.41) is 0. The molecule has 0 radical (unpaired) electrons. The molecule has 12 nitrogen and oxygen atoms in total. The van der Waals surface area contributed by atoms with Gasteiger partial charge in [0.15, 0.2) is 0 Å². The lowest BCUT2D eigenvalue weighted by molar-refractivity contribution is 0.111. The molecular weight excluding hydrogens is 1160 g/mol. The largest absolute Gasteiger partial charge is 0.497 e. The van der Waals surface area contributed by atoms with E-state index in [4.69, 9.17) is 28.4 Å². The van der Waals surface area contributed by atoms with Crippen molar-refractivity contribution in [2.24, 2.45) is 0 Å². The van der Waals surface area contributed by atoms with Gasteiger partial charge in [-0.05, 0) is 287 Å². The standard InChI is InChI=1S/C81H64N4O8/c1-88-67-31-15-57(16-32-67)82(55-11-7-53(51-86)8-12-55)63-27-43-73-74-44-28-64(83(56-13-9-54(52-87)10-14-56)58-17-33-68(89-2)34-18-58)48-78(74)81(77(73)47-63)79-49-65(84(59-19-35-69(90-3)36-20-59)60-21-37-70(91-4)38-22-60)29-45-75(79)76-46-30-66(50-80(76)81)85(61-23-39-71(92-5)40-24-61)62-25-41-72(93-6)42-26-62/h7-52H,1-6H3. The number of carbonyl (C=O) groups excluding carboxylic acids is 2. The highest BCUT2D eigenvalue weighted by Crippen LogP contribution is 2.66. The van der Waals surface area contributed by atoms with Crippen LogP contribution in [0.25, 0.3) is 22.3 Å². The first kappa shape index (κ1) is 58.7. The summed E-state index contributed by atoms with van der Waals surface area (Å²) >= 11 is 0. The Morgan fingerprint density at radius 2 is 0.387 bits per heavy atom. The van der Waals surface area contributed by atoms with E-state index in [0.717, 1.165) is 160 Å². The maximum Gasteiger partial charge on any atom is 0.150 e. The van der Waals surface area contributed by atoms with E-state index in [-0.39, 0.29) is 0 Å². The van der Waals surface area contributed by atoms with E-state index >= 15 is 0 Å². The summed E-state index contributed by atoms with van der Waals surface area (Å²) < 4.78 is 34.4. The number of ether oxygens (including phenoxy) is 6. The van der Waals surface area contributed by atoms with Crippen LogP contribution in [-0.2, 0) is 5.41 Å². The van der Waals surface area contributed by atoms with Crippen molar-refractivity contribution in [1.29, 1.82) is 0 Å². The van der Waals surface area contributed by atoms with Crippen molar-refractivity contribution < 1.29 is 38.0 Å². The maximum absolute atomic E-state index is 12.2. The molecule has 2 aliphatic rings. The highest BCUT2D eigenvalue weighted by atomic mass is 16.5. The van der Waals surface area contributed by atoms with Crippen LogP contribution in [0.1, 0.15) is 43.0 Å². The molecule has 0 bridgehead atoms. The van der Waals surface area contributed by atoms with E-state index in [2.05, 4.69) is 165 Å². The smallest absolute Gasteiger partial charge is 0.150 e. The SMILES string of the molecule is COc1ccc(N(c2ccc(C=O)cc2)c2ccc3c(c2)C2(c4cc(N(c5ccc(C=O)cc5)c5ccc(OC)cc5)ccc4-3)c3cc(N(c4ccc(OC)cc4)c4ccc(OC)cc4)ccc3-c3ccc(N(c4ccc(OC)cc4)c4ccc(OC)cc4)cc32)cc1. The molecule has 0 aliphatic heterocycles. The predicted octanol–water partition coefficient (Wildman–Crippen LogP) is 19.6. The minimum atomic E-state index is -1.07. The van der Waals surface area contributed by atoms with Gasteiger partial charge in [0.2, 0.25) is 0 Å². The number of nitrogens with zero attached hydrogens (tertiary/aromatic N) is 4. The lowest BCUT2D eigenvalue weighted by atomic mass is 9.70. The molecule has 12 aromatic rings. The predicted molar refractivity (Wildman–Crippen MR) is 372 cm³/mol. The van der Waals surface area contributed by atoms with Crippen molar-refractivity contribution in [2.75, 3.05) is 62.3 Å². The molecule has 0 atom stereocenters. The first-order valence-electron chi connectivity index (χ1n) is 30.4. The van der Waals surface area contributed by atoms with Crippen LogP contribution in [-0.4, -0.2) is 55.2 Å². The Bertz CT molecular complexity index is 4320. The van der Waals surface area contributed by atoms with Crippen molar-refractivity contribution in [3.05, 3.63) is 300 Å². The Kier molecular flexibility index (Phi) is 15.6. The highest BCUT2D eigenvalue weighted by molar-refractivity contribution is 6.00. The van der Waals surface area contributed by atoms with Crippen LogP contribution in [0.15, 0.2) is 267 Å². The number of hydrogen-bond acceptors (Lipinski definition) is 12. The number of fused-ring (bicyclic) bond motifs is 10. The normalized spacial score (nSPS) is 11.9. The molecular formula is C81H64N4O8. The number of hydrogen-bond donors (Lipinski definition) is 0. The van der Waals surface area contributed by atoms with Crippen LogP contribution >= 0.6 is 0 Å². The zero-order valence-electron chi connectivity index (χ0n) is 52.1. The summed E-state index contributed by atoms with van der Waals surface area (Å²) in [5.74, 6) is 4.40. The van der Waals surface area contributed by atoms with Gasteiger partial charge < -0.3 is 48.0 Å². The number of rotatable bonds is 20. The summed E-state index contributed by atoms with van der Waals surface area (Å²) in [6.45, 7) is 0. The molecule has 0 saturated heterocycles. The summed E-state index contributed by atoms with van der Waals surface area (Å²) in [4.78, 5) is 33.5. The number of anilines is 12. The molecule has 1 spiro atoms. The molecule has 12 heteroatoms. The van der Waals surface area contributed by atoms with Crippen LogP contribution in [0.2, 0.25) is 0 Å². The van der Waals surface area contributed by atoms with Crippen LogP contribution in [0.5, 0.6) is 34.5 Å². The molecule has 456 valence electrons. The van der Waals surface area contributed by atoms with Crippen LogP contribution in [0.4, 0.5) is 68.2 Å². The van der Waals surface area contributed by atoms with Crippen LogP contribution in [0, 0.1) is 0 Å². The first-order valence-corrected chi connectivity index (χ1v) is 30.4. The van der Waals surface area contributed by atoms with Gasteiger partial charge in [0.25, 0.3) is 0 Å². The van der Waals surface area contributed by atoms with E-state index in [0.29, 0.717) is 11.1 Å². The second-order valence-electron chi connectivity index (χ2n) is 22.6. The Hall–Kier alpha value is -12.0. The van der Waals surface area contributed by atoms with Crippen molar-refractivity contribution in [3.8, 4) is 56.8 Å². The van der Waals surface area contributed by atoms with Crippen molar-refractivity contribution in [1.82, 2.24) is 0 Å². The van der Waals surface area contributed by atoms with Gasteiger partial charge in [-0.1, -0.05) is 24.3 Å². The van der Waals surface area contributed by atoms with Crippen molar-refractivity contribution >= 4 is 80.8 Å². The average Bonchev–Trinajstić information content (AvgIpc) is 1.51. The lowest BCUT2D eigenvalue weighted by Gasteiger charge is -2.35. The topological polar surface area (TPSA) is 102 Å². The fraction of sp³-hybridized carbons (Fsp3) is 0.0864. The molecule has 0 aromatic heterocycles. The van der Waals surface area contributed by atoms with Gasteiger partial charge >= 0.3 is 0 Å². The van der Waals surface area contributed by atoms with Crippen LogP contribution < -0.4 is 48.0 Å². The third-order valence-corrected chi connectivity index (χ3v) is 17.8. The Morgan fingerprint density at radius 1 is 0.226 bits per heavy atom. The van der Waals surface area contributed by atoms with Gasteiger partial charge in [0, 0.05) is 79.4 Å². The molecule has 0 fully saturated rings. The molecule has 0 heterocycles. The number of carbonyl (C=O) groups is 2. The number of methoxy groups -OCH3 is 6. The molecule has 0 unspecified atom stereocenters. The van der Waals surface area contributed by atoms with Gasteiger partial charge in [-0.15, -0.1) is 0 Å². The third-order valence-electron chi connectivity index (χ3n) is 17.8. The van der Waals surface area contributed by atoms with Gasteiger partial charge in [-0.25, -0.2) is 0 Å². The summed E-state index contributed by atoms with van der Waals surface area (Å²) in [6.07, 6.45) is 1.74. The molecule has 14 rings (SSSR count). The molecule has 0 saturated carbocycles. The van der Waals surface area contributed by atoms with Gasteiger partial charge in [0.1, 0.15) is 47.1 Å². The zero-order chi connectivity index (χ0) is 63.7. The quantitative estimate of drug-likeness (QED) is 0.0679. The Morgan fingerprint density at radius 3 is 0.548 bits per heavy atom.